The summed E-state index contributed by atoms with van der Waals surface area (Å²) in [7, 11) is 0. The lowest BCUT2D eigenvalue weighted by Gasteiger charge is -2.41. The molecule has 1 aliphatic heterocycles. The molecule has 1 fully saturated rings. The van der Waals surface area contributed by atoms with E-state index in [0.717, 1.165) is 23.9 Å². The maximum atomic E-state index is 12.0. The largest absolute Gasteiger partial charge is 0.354 e. The molecule has 0 spiro atoms. The van der Waals surface area contributed by atoms with Gasteiger partial charge < -0.3 is 5.32 Å². The van der Waals surface area contributed by atoms with Crippen LogP contribution in [0.25, 0.3) is 0 Å². The highest BCUT2D eigenvalue weighted by Gasteiger charge is 2.28. The molecule has 1 aromatic rings. The van der Waals surface area contributed by atoms with Gasteiger partial charge in [-0.15, -0.1) is 11.8 Å². The number of nitrogens with zero attached hydrogens (tertiary/aromatic N) is 1. The molecule has 0 unspecified atom stereocenters. The Morgan fingerprint density at radius 3 is 2.52 bits per heavy atom. The Labute approximate surface area is 149 Å². The molecular formula is C18H27ClN2OS. The van der Waals surface area contributed by atoms with Crippen molar-refractivity contribution in [2.45, 2.75) is 44.4 Å². The second-order valence-corrected chi connectivity index (χ2v) is 8.18. The van der Waals surface area contributed by atoms with Gasteiger partial charge in [0.2, 0.25) is 5.91 Å². The number of halogens is 1. The number of rotatable bonds is 7. The molecule has 128 valence electrons. The molecule has 5 heteroatoms. The minimum absolute atomic E-state index is 0.0386. The lowest BCUT2D eigenvalue weighted by Crippen LogP contribution is -2.53. The first-order chi connectivity index (χ1) is 11.0. The van der Waals surface area contributed by atoms with Crippen molar-refractivity contribution in [3.8, 4) is 0 Å². The van der Waals surface area contributed by atoms with Gasteiger partial charge >= 0.3 is 0 Å². The molecule has 1 saturated heterocycles. The maximum absolute atomic E-state index is 12.0. The third-order valence-corrected chi connectivity index (χ3v) is 5.60. The zero-order chi connectivity index (χ0) is 16.7. The van der Waals surface area contributed by atoms with Gasteiger partial charge in [0.15, 0.2) is 0 Å². The van der Waals surface area contributed by atoms with Crippen molar-refractivity contribution in [2.24, 2.45) is 0 Å². The van der Waals surface area contributed by atoms with E-state index in [2.05, 4.69) is 24.1 Å². The number of hydrogen-bond donors (Lipinski definition) is 1. The van der Waals surface area contributed by atoms with E-state index in [9.17, 15) is 4.79 Å². The Hall–Kier alpha value is -0.710. The molecule has 0 atom stereocenters. The van der Waals surface area contributed by atoms with Gasteiger partial charge in [0.05, 0.1) is 5.75 Å². The Bertz CT molecular complexity index is 498. The van der Waals surface area contributed by atoms with Crippen LogP contribution in [0.15, 0.2) is 24.3 Å². The fraction of sp³-hybridized carbons (Fsp3) is 0.611. The number of carbonyl (C=O) groups is 1. The Kier molecular flexibility index (Phi) is 7.25. The van der Waals surface area contributed by atoms with Crippen molar-refractivity contribution in [3.05, 3.63) is 34.9 Å². The van der Waals surface area contributed by atoms with Crippen LogP contribution in [0.4, 0.5) is 0 Å². The van der Waals surface area contributed by atoms with Gasteiger partial charge in [-0.2, -0.15) is 0 Å². The molecule has 0 bridgehead atoms. The molecule has 0 aliphatic carbocycles. The Morgan fingerprint density at radius 2 is 1.87 bits per heavy atom. The second kappa shape index (κ2) is 8.95. The minimum Gasteiger partial charge on any atom is -0.354 e. The average Bonchev–Trinajstić information content (AvgIpc) is 2.56. The predicted molar refractivity (Wildman–Crippen MR) is 100 cm³/mol. The normalized spacial score (nSPS) is 16.3. The van der Waals surface area contributed by atoms with Crippen LogP contribution in [-0.4, -0.2) is 41.7 Å². The number of carbonyl (C=O) groups excluding carboxylic acids is 1. The van der Waals surface area contributed by atoms with Crippen LogP contribution >= 0.6 is 23.4 Å². The molecule has 0 saturated carbocycles. The molecular weight excluding hydrogens is 328 g/mol. The lowest BCUT2D eigenvalue weighted by atomic mass is 9.98. The monoisotopic (exact) mass is 354 g/mol. The van der Waals surface area contributed by atoms with E-state index >= 15 is 0 Å². The topological polar surface area (TPSA) is 32.3 Å². The molecule has 1 aromatic carbocycles. The van der Waals surface area contributed by atoms with E-state index in [-0.39, 0.29) is 11.4 Å². The zero-order valence-corrected chi connectivity index (χ0v) is 15.7. The number of piperidine rings is 1. The third-order valence-electron chi connectivity index (χ3n) is 4.35. The summed E-state index contributed by atoms with van der Waals surface area (Å²) in [5.74, 6) is 1.45. The van der Waals surface area contributed by atoms with Crippen LogP contribution in [0.2, 0.25) is 5.02 Å². The summed E-state index contributed by atoms with van der Waals surface area (Å²) in [6, 6.07) is 7.79. The molecule has 0 aromatic heterocycles. The molecule has 2 rings (SSSR count). The van der Waals surface area contributed by atoms with Crippen LogP contribution in [0.5, 0.6) is 0 Å². The van der Waals surface area contributed by atoms with E-state index < -0.39 is 0 Å². The van der Waals surface area contributed by atoms with Crippen LogP contribution in [0.3, 0.4) is 0 Å². The van der Waals surface area contributed by atoms with Crippen LogP contribution in [0.1, 0.15) is 38.7 Å². The van der Waals surface area contributed by atoms with Crippen molar-refractivity contribution in [2.75, 3.05) is 25.4 Å². The van der Waals surface area contributed by atoms with E-state index in [1.807, 2.05) is 24.3 Å². The first-order valence-corrected chi connectivity index (χ1v) is 9.84. The van der Waals surface area contributed by atoms with Gasteiger partial charge in [0.1, 0.15) is 0 Å². The highest BCUT2D eigenvalue weighted by atomic mass is 35.5. The van der Waals surface area contributed by atoms with Crippen molar-refractivity contribution in [1.82, 2.24) is 10.2 Å². The van der Waals surface area contributed by atoms with Crippen LogP contribution in [-0.2, 0) is 10.5 Å². The zero-order valence-electron chi connectivity index (χ0n) is 14.1. The lowest BCUT2D eigenvalue weighted by molar-refractivity contribution is -0.119. The van der Waals surface area contributed by atoms with E-state index in [0.29, 0.717) is 12.3 Å². The van der Waals surface area contributed by atoms with Gasteiger partial charge in [0.25, 0.3) is 0 Å². The summed E-state index contributed by atoms with van der Waals surface area (Å²) >= 11 is 7.51. The van der Waals surface area contributed by atoms with Gasteiger partial charge in [0, 0.05) is 22.9 Å². The van der Waals surface area contributed by atoms with Crippen molar-refractivity contribution >= 4 is 29.3 Å². The van der Waals surface area contributed by atoms with Crippen molar-refractivity contribution < 1.29 is 4.79 Å². The van der Waals surface area contributed by atoms with Crippen molar-refractivity contribution in [1.29, 1.82) is 0 Å². The number of amides is 1. The number of likely N-dealkylation sites (tertiary alicyclic amines) is 1. The van der Waals surface area contributed by atoms with Crippen molar-refractivity contribution in [3.63, 3.8) is 0 Å². The first-order valence-electron chi connectivity index (χ1n) is 8.31. The van der Waals surface area contributed by atoms with E-state index in [1.54, 1.807) is 11.8 Å². The second-order valence-electron chi connectivity index (χ2n) is 6.76. The summed E-state index contributed by atoms with van der Waals surface area (Å²) < 4.78 is 0. The number of thioether (sulfide) groups is 1. The maximum Gasteiger partial charge on any atom is 0.230 e. The smallest absolute Gasteiger partial charge is 0.230 e. The molecule has 3 nitrogen and oxygen atoms in total. The summed E-state index contributed by atoms with van der Waals surface area (Å²) in [5, 5.41) is 3.84. The van der Waals surface area contributed by atoms with E-state index in [4.69, 9.17) is 11.6 Å². The highest BCUT2D eigenvalue weighted by Crippen LogP contribution is 2.20. The number of hydrogen-bond acceptors (Lipinski definition) is 3. The number of nitrogens with one attached hydrogen (secondary N) is 1. The molecule has 23 heavy (non-hydrogen) atoms. The molecule has 1 aliphatic rings. The standard InChI is InChI=1S/C18H27ClN2OS/c1-18(2,21-10-4-3-5-11-21)14-20-17(22)13-23-12-15-6-8-16(19)9-7-15/h6-9H,3-5,10-14H2,1-2H3,(H,20,22). The number of benzene rings is 1. The van der Waals surface area contributed by atoms with Gasteiger partial charge in [-0.05, 0) is 57.5 Å². The SMILES string of the molecule is CC(C)(CNC(=O)CSCc1ccc(Cl)cc1)N1CCCCC1. The van der Waals surface area contributed by atoms with Gasteiger partial charge in [-0.25, -0.2) is 0 Å². The van der Waals surface area contributed by atoms with Gasteiger partial charge in [-0.3, -0.25) is 9.69 Å². The summed E-state index contributed by atoms with van der Waals surface area (Å²) in [5.41, 5.74) is 1.23. The minimum atomic E-state index is 0.0386. The average molecular weight is 355 g/mol. The Balaban J connectivity index is 1.67. The fourth-order valence-corrected chi connectivity index (χ4v) is 3.76. The predicted octanol–water partition coefficient (Wildman–Crippen LogP) is 3.95. The van der Waals surface area contributed by atoms with Crippen LogP contribution in [0, 0.1) is 0 Å². The summed E-state index contributed by atoms with van der Waals surface area (Å²) in [4.78, 5) is 14.5. The molecule has 0 radical (unpaired) electrons. The first kappa shape index (κ1) is 18.6. The summed E-state index contributed by atoms with van der Waals surface area (Å²) in [6.07, 6.45) is 3.88. The molecule has 1 amide bonds. The highest BCUT2D eigenvalue weighted by molar-refractivity contribution is 7.99. The molecule has 1 N–H and O–H groups in total. The van der Waals surface area contributed by atoms with Gasteiger partial charge in [-0.1, -0.05) is 30.2 Å². The quantitative estimate of drug-likeness (QED) is 0.804. The summed E-state index contributed by atoms with van der Waals surface area (Å²) in [6.45, 7) is 7.45. The fourth-order valence-electron chi connectivity index (χ4n) is 2.82. The van der Waals surface area contributed by atoms with Crippen LogP contribution < -0.4 is 5.32 Å². The molecule has 1 heterocycles. The third kappa shape index (κ3) is 6.36. The van der Waals surface area contributed by atoms with E-state index in [1.165, 1.54) is 24.8 Å². The Morgan fingerprint density at radius 1 is 1.22 bits per heavy atom.